The molecule has 11 nitrogen and oxygen atoms in total. The number of nitrogens with zero attached hydrogens (tertiary/aromatic N) is 1. The van der Waals surface area contributed by atoms with Crippen LogP contribution in [0, 0.1) is 0 Å². The molecule has 0 spiro atoms. The summed E-state index contributed by atoms with van der Waals surface area (Å²) in [6.07, 6.45) is 0. The van der Waals surface area contributed by atoms with Crippen molar-refractivity contribution in [2.45, 2.75) is 4.90 Å². The Hall–Kier alpha value is -3.42. The number of nitrogens with one attached hydrogen (secondary N) is 3. The highest BCUT2D eigenvalue weighted by Gasteiger charge is 2.23. The van der Waals surface area contributed by atoms with Gasteiger partial charge >= 0.3 is 12.0 Å². The SMILES string of the molecule is COC(=O)c1nc(-c2cscc2NC(=O)NS(=O)(=O)c2ccccc2Cl)[nH]c(=O)c1O. The topological polar surface area (TPSA) is 168 Å². The number of anilines is 1. The number of methoxy groups -OCH3 is 1. The van der Waals surface area contributed by atoms with Gasteiger partial charge in [0.05, 0.1) is 23.4 Å². The van der Waals surface area contributed by atoms with Crippen molar-refractivity contribution >= 4 is 50.6 Å². The zero-order valence-corrected chi connectivity index (χ0v) is 17.9. The zero-order chi connectivity index (χ0) is 22.8. The van der Waals surface area contributed by atoms with Gasteiger partial charge in [-0.1, -0.05) is 23.7 Å². The number of aromatic amines is 1. The number of carbonyl (C=O) groups is 2. The molecule has 0 saturated carbocycles. The molecule has 4 N–H and O–H groups in total. The molecule has 2 amide bonds. The van der Waals surface area contributed by atoms with E-state index in [0.29, 0.717) is 0 Å². The molecule has 0 aliphatic carbocycles. The summed E-state index contributed by atoms with van der Waals surface area (Å²) in [6.45, 7) is 0. The van der Waals surface area contributed by atoms with Crippen LogP contribution in [0.5, 0.6) is 5.75 Å². The number of esters is 1. The summed E-state index contributed by atoms with van der Waals surface area (Å²) in [5.41, 5.74) is -1.38. The lowest BCUT2D eigenvalue weighted by Gasteiger charge is -2.10. The number of amides is 2. The van der Waals surface area contributed by atoms with E-state index in [1.165, 1.54) is 35.0 Å². The lowest BCUT2D eigenvalue weighted by atomic mass is 10.2. The van der Waals surface area contributed by atoms with Gasteiger partial charge in [-0.2, -0.15) is 0 Å². The molecular formula is C17H13ClN4O7S2. The Balaban J connectivity index is 1.89. The minimum Gasteiger partial charge on any atom is -0.501 e. The van der Waals surface area contributed by atoms with Crippen LogP contribution in [0.1, 0.15) is 10.5 Å². The zero-order valence-electron chi connectivity index (χ0n) is 15.5. The molecule has 14 heteroatoms. The molecular weight excluding hydrogens is 472 g/mol. The maximum atomic E-state index is 12.4. The van der Waals surface area contributed by atoms with Gasteiger partial charge in [0.1, 0.15) is 10.7 Å². The smallest absolute Gasteiger partial charge is 0.360 e. The number of thiophene rings is 1. The molecule has 0 radical (unpaired) electrons. The molecule has 0 saturated heterocycles. The molecule has 2 aromatic heterocycles. The van der Waals surface area contributed by atoms with Crippen LogP contribution >= 0.6 is 22.9 Å². The third kappa shape index (κ3) is 4.68. The molecule has 162 valence electrons. The first kappa shape index (κ1) is 22.3. The van der Waals surface area contributed by atoms with Gasteiger partial charge < -0.3 is 20.1 Å². The van der Waals surface area contributed by atoms with E-state index >= 15 is 0 Å². The number of halogens is 1. The molecule has 2 heterocycles. The highest BCUT2D eigenvalue weighted by molar-refractivity contribution is 7.90. The van der Waals surface area contributed by atoms with Crippen LogP contribution in [0.25, 0.3) is 11.4 Å². The van der Waals surface area contributed by atoms with Crippen LogP contribution in [-0.4, -0.2) is 42.6 Å². The third-order valence-electron chi connectivity index (χ3n) is 3.79. The van der Waals surface area contributed by atoms with Crippen molar-refractivity contribution in [3.05, 3.63) is 56.1 Å². The minimum atomic E-state index is -4.26. The molecule has 3 aromatic rings. The molecule has 0 unspecified atom stereocenters. The number of ether oxygens (including phenoxy) is 1. The van der Waals surface area contributed by atoms with Gasteiger partial charge in [0.15, 0.2) is 5.69 Å². The van der Waals surface area contributed by atoms with Crippen molar-refractivity contribution in [3.8, 4) is 17.1 Å². The number of benzene rings is 1. The first-order valence-corrected chi connectivity index (χ1v) is 11.0. The average molecular weight is 485 g/mol. The second-order valence-corrected chi connectivity index (χ2v) is 8.59. The van der Waals surface area contributed by atoms with Gasteiger partial charge in [-0.3, -0.25) is 4.79 Å². The fraction of sp³-hybridized carbons (Fsp3) is 0.0588. The second-order valence-electron chi connectivity index (χ2n) is 5.79. The van der Waals surface area contributed by atoms with Crippen molar-refractivity contribution < 1.29 is 27.9 Å². The molecule has 0 aliphatic rings. The van der Waals surface area contributed by atoms with Crippen molar-refractivity contribution in [3.63, 3.8) is 0 Å². The first-order chi connectivity index (χ1) is 14.6. The number of rotatable bonds is 5. The number of aromatic hydroxyl groups is 1. The average Bonchev–Trinajstić information content (AvgIpc) is 3.17. The van der Waals surface area contributed by atoms with Crippen molar-refractivity contribution in [2.24, 2.45) is 0 Å². The van der Waals surface area contributed by atoms with Crippen LogP contribution in [0.2, 0.25) is 5.02 Å². The summed E-state index contributed by atoms with van der Waals surface area (Å²) < 4.78 is 31.1. The van der Waals surface area contributed by atoms with Crippen LogP contribution in [0.15, 0.2) is 44.7 Å². The molecule has 0 aliphatic heterocycles. The number of hydrogen-bond acceptors (Lipinski definition) is 9. The third-order valence-corrected chi connectivity index (χ3v) is 6.37. The fourth-order valence-electron chi connectivity index (χ4n) is 2.40. The standard InChI is InChI=1S/C17H13ClN4O7S2/c1-29-16(25)12-13(23)15(24)21-14(20-12)8-6-30-7-10(8)19-17(26)22-31(27,28)11-5-3-2-4-9(11)18/h2-7,23H,1H3,(H2,19,22,26)(H,20,21,24). The van der Waals surface area contributed by atoms with Gasteiger partial charge in [0.25, 0.3) is 15.6 Å². The Labute approximate surface area is 183 Å². The number of H-pyrrole nitrogens is 1. The Morgan fingerprint density at radius 2 is 1.97 bits per heavy atom. The number of hydrogen-bond donors (Lipinski definition) is 4. The van der Waals surface area contributed by atoms with Gasteiger partial charge in [0, 0.05) is 10.8 Å². The Bertz CT molecular complexity index is 1330. The van der Waals surface area contributed by atoms with E-state index in [2.05, 4.69) is 20.0 Å². The molecule has 0 bridgehead atoms. The maximum absolute atomic E-state index is 12.4. The fourth-order valence-corrected chi connectivity index (χ4v) is 4.59. The number of sulfonamides is 1. The Morgan fingerprint density at radius 3 is 2.65 bits per heavy atom. The lowest BCUT2D eigenvalue weighted by Crippen LogP contribution is -2.34. The molecule has 31 heavy (non-hydrogen) atoms. The van der Waals surface area contributed by atoms with Gasteiger partial charge in [0.2, 0.25) is 5.75 Å². The van der Waals surface area contributed by atoms with E-state index in [1.807, 2.05) is 4.72 Å². The van der Waals surface area contributed by atoms with Crippen molar-refractivity contribution in [1.29, 1.82) is 0 Å². The normalized spacial score (nSPS) is 11.0. The largest absolute Gasteiger partial charge is 0.501 e. The lowest BCUT2D eigenvalue weighted by molar-refractivity contribution is 0.0590. The van der Waals surface area contributed by atoms with Crippen LogP contribution in [0.4, 0.5) is 10.5 Å². The van der Waals surface area contributed by atoms with Crippen LogP contribution < -0.4 is 15.6 Å². The molecule has 0 fully saturated rings. The quantitative estimate of drug-likeness (QED) is 0.399. The maximum Gasteiger partial charge on any atom is 0.360 e. The summed E-state index contributed by atoms with van der Waals surface area (Å²) in [6, 6.07) is 4.46. The van der Waals surface area contributed by atoms with Gasteiger partial charge in [-0.25, -0.2) is 27.7 Å². The summed E-state index contributed by atoms with van der Waals surface area (Å²) in [5.74, 6) is -2.13. The highest BCUT2D eigenvalue weighted by Crippen LogP contribution is 2.30. The van der Waals surface area contributed by atoms with Crippen molar-refractivity contribution in [2.75, 3.05) is 12.4 Å². The summed E-state index contributed by atoms with van der Waals surface area (Å²) >= 11 is 6.97. The van der Waals surface area contributed by atoms with E-state index in [4.69, 9.17) is 11.6 Å². The molecule has 0 atom stereocenters. The van der Waals surface area contributed by atoms with Gasteiger partial charge in [-0.05, 0) is 12.1 Å². The van der Waals surface area contributed by atoms with E-state index in [-0.39, 0.29) is 27.0 Å². The van der Waals surface area contributed by atoms with E-state index in [0.717, 1.165) is 18.4 Å². The summed E-state index contributed by atoms with van der Waals surface area (Å²) in [4.78, 5) is 41.8. The van der Waals surface area contributed by atoms with E-state index < -0.39 is 39.0 Å². The van der Waals surface area contributed by atoms with E-state index in [9.17, 15) is 27.9 Å². The van der Waals surface area contributed by atoms with Crippen LogP contribution in [0.3, 0.4) is 0 Å². The minimum absolute atomic E-state index is 0.0692. The number of aromatic nitrogens is 2. The Morgan fingerprint density at radius 1 is 1.26 bits per heavy atom. The molecule has 3 rings (SSSR count). The Kier molecular flexibility index (Phi) is 6.29. The molecule has 1 aromatic carbocycles. The summed E-state index contributed by atoms with van der Waals surface area (Å²) in [5, 5.41) is 14.9. The second kappa shape index (κ2) is 8.75. The van der Waals surface area contributed by atoms with Crippen LogP contribution in [-0.2, 0) is 14.8 Å². The highest BCUT2D eigenvalue weighted by atomic mass is 35.5. The summed E-state index contributed by atoms with van der Waals surface area (Å²) in [7, 11) is -3.22. The van der Waals surface area contributed by atoms with Crippen molar-refractivity contribution in [1.82, 2.24) is 14.7 Å². The first-order valence-electron chi connectivity index (χ1n) is 8.20. The number of carbonyl (C=O) groups excluding carboxylic acids is 2. The predicted molar refractivity (Wildman–Crippen MR) is 112 cm³/mol. The predicted octanol–water partition coefficient (Wildman–Crippen LogP) is 2.15. The number of urea groups is 1. The van der Waals surface area contributed by atoms with E-state index in [1.54, 1.807) is 0 Å². The monoisotopic (exact) mass is 484 g/mol. The van der Waals surface area contributed by atoms with Gasteiger partial charge in [-0.15, -0.1) is 11.3 Å².